The zero-order valence-corrected chi connectivity index (χ0v) is 14.7. The maximum atomic E-state index is 12.5. The Morgan fingerprint density at radius 1 is 1.35 bits per heavy atom. The van der Waals surface area contributed by atoms with Crippen molar-refractivity contribution in [1.82, 2.24) is 14.9 Å². The van der Waals surface area contributed by atoms with Gasteiger partial charge in [-0.1, -0.05) is 37.7 Å². The van der Waals surface area contributed by atoms with Crippen molar-refractivity contribution in [2.45, 2.75) is 38.8 Å². The third kappa shape index (κ3) is 4.58. The van der Waals surface area contributed by atoms with Gasteiger partial charge >= 0.3 is 0 Å². The molecule has 0 atom stereocenters. The Kier molecular flexibility index (Phi) is 6.21. The van der Waals surface area contributed by atoms with Crippen LogP contribution < -0.4 is 10.9 Å². The first-order chi connectivity index (χ1) is 11.0. The molecule has 0 aliphatic rings. The van der Waals surface area contributed by atoms with Gasteiger partial charge in [0.15, 0.2) is 5.03 Å². The highest BCUT2D eigenvalue weighted by Gasteiger charge is 2.12. The average Bonchev–Trinajstić information content (AvgIpc) is 2.52. The van der Waals surface area contributed by atoms with Crippen LogP contribution in [-0.2, 0) is 11.3 Å². The van der Waals surface area contributed by atoms with Gasteiger partial charge in [0.1, 0.15) is 0 Å². The Hall–Kier alpha value is -1.82. The lowest BCUT2D eigenvalue weighted by molar-refractivity contribution is -0.118. The number of nitrogens with one attached hydrogen (secondary N) is 1. The van der Waals surface area contributed by atoms with Crippen molar-refractivity contribution in [2.24, 2.45) is 5.92 Å². The number of benzene rings is 1. The molecule has 23 heavy (non-hydrogen) atoms. The maximum Gasteiger partial charge on any atom is 0.283 e. The number of fused-ring (bicyclic) bond motifs is 1. The second-order valence-electron chi connectivity index (χ2n) is 5.78. The Labute approximate surface area is 140 Å². The Balaban J connectivity index is 2.10. The molecule has 0 saturated carbocycles. The summed E-state index contributed by atoms with van der Waals surface area (Å²) in [7, 11) is 0. The van der Waals surface area contributed by atoms with Crippen LogP contribution >= 0.6 is 11.8 Å². The molecule has 1 N–H and O–H groups in total. The molecule has 0 saturated heterocycles. The van der Waals surface area contributed by atoms with Gasteiger partial charge in [0.2, 0.25) is 5.91 Å². The summed E-state index contributed by atoms with van der Waals surface area (Å²) in [4.78, 5) is 28.7. The predicted octanol–water partition coefficient (Wildman–Crippen LogP) is 2.67. The first-order valence-corrected chi connectivity index (χ1v) is 8.90. The van der Waals surface area contributed by atoms with Crippen molar-refractivity contribution in [3.63, 3.8) is 0 Å². The smallest absolute Gasteiger partial charge is 0.283 e. The van der Waals surface area contributed by atoms with E-state index in [4.69, 9.17) is 0 Å². The van der Waals surface area contributed by atoms with Crippen LogP contribution in [0.4, 0.5) is 0 Å². The fourth-order valence-electron chi connectivity index (χ4n) is 2.26. The number of thioether (sulfide) groups is 1. The molecule has 0 unspecified atom stereocenters. The summed E-state index contributed by atoms with van der Waals surface area (Å²) in [6, 6.07) is 7.56. The summed E-state index contributed by atoms with van der Waals surface area (Å²) >= 11 is 1.20. The first-order valence-electron chi connectivity index (χ1n) is 7.92. The normalized spacial score (nSPS) is 11.1. The zero-order chi connectivity index (χ0) is 16.8. The predicted molar refractivity (Wildman–Crippen MR) is 94.9 cm³/mol. The molecule has 0 bridgehead atoms. The molecule has 1 aromatic carbocycles. The molecule has 0 spiro atoms. The highest BCUT2D eigenvalue weighted by Crippen LogP contribution is 2.16. The van der Waals surface area contributed by atoms with E-state index in [1.54, 1.807) is 4.57 Å². The summed E-state index contributed by atoms with van der Waals surface area (Å²) < 4.78 is 1.70. The third-order valence-electron chi connectivity index (χ3n) is 3.52. The van der Waals surface area contributed by atoms with E-state index in [9.17, 15) is 9.59 Å². The minimum atomic E-state index is -0.133. The van der Waals surface area contributed by atoms with Crippen LogP contribution in [0.2, 0.25) is 0 Å². The molecule has 1 aromatic heterocycles. The average molecular weight is 333 g/mol. The lowest BCUT2D eigenvalue weighted by Crippen LogP contribution is -2.28. The minimum absolute atomic E-state index is 0.0620. The molecule has 2 rings (SSSR count). The standard InChI is InChI=1S/C17H23N3O2S/c1-4-20-14-8-6-5-7-13(14)19-16(17(20)22)23-11-15(21)18-10-9-12(2)3/h5-8,12H,4,9-11H2,1-3H3,(H,18,21). The van der Waals surface area contributed by atoms with Gasteiger partial charge in [-0.25, -0.2) is 4.98 Å². The van der Waals surface area contributed by atoms with Gasteiger partial charge in [0, 0.05) is 13.1 Å². The van der Waals surface area contributed by atoms with Crippen LogP contribution in [0.25, 0.3) is 11.0 Å². The second-order valence-corrected chi connectivity index (χ2v) is 6.74. The van der Waals surface area contributed by atoms with Crippen molar-refractivity contribution < 1.29 is 4.79 Å². The van der Waals surface area contributed by atoms with Crippen molar-refractivity contribution >= 4 is 28.7 Å². The van der Waals surface area contributed by atoms with Gasteiger partial charge < -0.3 is 9.88 Å². The van der Waals surface area contributed by atoms with E-state index in [-0.39, 0.29) is 17.2 Å². The van der Waals surface area contributed by atoms with Crippen LogP contribution in [0.1, 0.15) is 27.2 Å². The molecule has 1 heterocycles. The number of carbonyl (C=O) groups excluding carboxylic acids is 1. The van der Waals surface area contributed by atoms with Crippen molar-refractivity contribution in [3.8, 4) is 0 Å². The number of hydrogen-bond donors (Lipinski definition) is 1. The van der Waals surface area contributed by atoms with E-state index in [2.05, 4.69) is 24.1 Å². The Bertz CT molecular complexity index is 740. The number of nitrogens with zero attached hydrogens (tertiary/aromatic N) is 2. The largest absolute Gasteiger partial charge is 0.355 e. The number of para-hydroxylation sites is 2. The lowest BCUT2D eigenvalue weighted by atomic mass is 10.1. The van der Waals surface area contributed by atoms with Crippen molar-refractivity contribution in [2.75, 3.05) is 12.3 Å². The molecule has 2 aromatic rings. The first kappa shape index (κ1) is 17.5. The van der Waals surface area contributed by atoms with Gasteiger partial charge in [-0.2, -0.15) is 0 Å². The monoisotopic (exact) mass is 333 g/mol. The number of aryl methyl sites for hydroxylation is 1. The highest BCUT2D eigenvalue weighted by molar-refractivity contribution is 7.99. The van der Waals surface area contributed by atoms with Crippen LogP contribution in [-0.4, -0.2) is 27.8 Å². The molecule has 0 aliphatic heterocycles. The molecular weight excluding hydrogens is 310 g/mol. The molecule has 6 heteroatoms. The van der Waals surface area contributed by atoms with Gasteiger partial charge in [-0.3, -0.25) is 9.59 Å². The Morgan fingerprint density at radius 2 is 2.09 bits per heavy atom. The van der Waals surface area contributed by atoms with E-state index in [1.165, 1.54) is 11.8 Å². The van der Waals surface area contributed by atoms with Gasteiger partial charge in [-0.15, -0.1) is 0 Å². The summed E-state index contributed by atoms with van der Waals surface area (Å²) in [5.41, 5.74) is 1.47. The summed E-state index contributed by atoms with van der Waals surface area (Å²) in [6.45, 7) is 7.42. The van der Waals surface area contributed by atoms with Crippen molar-refractivity contribution in [3.05, 3.63) is 34.6 Å². The zero-order valence-electron chi connectivity index (χ0n) is 13.8. The number of amides is 1. The number of carbonyl (C=O) groups is 1. The summed E-state index contributed by atoms with van der Waals surface area (Å²) in [5.74, 6) is 0.706. The van der Waals surface area contributed by atoms with E-state index < -0.39 is 0 Å². The molecule has 0 fully saturated rings. The number of hydrogen-bond acceptors (Lipinski definition) is 4. The van der Waals surface area contributed by atoms with Gasteiger partial charge in [0.25, 0.3) is 5.56 Å². The summed E-state index contributed by atoms with van der Waals surface area (Å²) in [6.07, 6.45) is 0.952. The molecule has 124 valence electrons. The SMILES string of the molecule is CCn1c(=O)c(SCC(=O)NCCC(C)C)nc2ccccc21. The maximum absolute atomic E-state index is 12.5. The van der Waals surface area contributed by atoms with Crippen molar-refractivity contribution in [1.29, 1.82) is 0 Å². The number of aromatic nitrogens is 2. The van der Waals surface area contributed by atoms with Gasteiger partial charge in [0.05, 0.1) is 16.8 Å². The fraction of sp³-hybridized carbons (Fsp3) is 0.471. The molecule has 5 nitrogen and oxygen atoms in total. The van der Waals surface area contributed by atoms with Gasteiger partial charge in [-0.05, 0) is 31.4 Å². The second kappa shape index (κ2) is 8.15. The highest BCUT2D eigenvalue weighted by atomic mass is 32.2. The van der Waals surface area contributed by atoms with Crippen LogP contribution in [0.15, 0.2) is 34.1 Å². The van der Waals surface area contributed by atoms with Crippen LogP contribution in [0, 0.1) is 5.92 Å². The van der Waals surface area contributed by atoms with E-state index in [0.29, 0.717) is 24.0 Å². The van der Waals surface area contributed by atoms with Crippen LogP contribution in [0.3, 0.4) is 0 Å². The van der Waals surface area contributed by atoms with E-state index in [0.717, 1.165) is 17.5 Å². The van der Waals surface area contributed by atoms with E-state index >= 15 is 0 Å². The third-order valence-corrected chi connectivity index (χ3v) is 4.47. The van der Waals surface area contributed by atoms with E-state index in [1.807, 2.05) is 31.2 Å². The number of rotatable bonds is 7. The summed E-state index contributed by atoms with van der Waals surface area (Å²) in [5, 5.41) is 3.25. The molecule has 0 radical (unpaired) electrons. The van der Waals surface area contributed by atoms with Crippen LogP contribution in [0.5, 0.6) is 0 Å². The molecule has 0 aliphatic carbocycles. The quantitative estimate of drug-likeness (QED) is 0.791. The Morgan fingerprint density at radius 3 is 2.78 bits per heavy atom. The fourth-order valence-corrected chi connectivity index (χ4v) is 3.03. The topological polar surface area (TPSA) is 64.0 Å². The molecular formula is C17H23N3O2S. The molecule has 1 amide bonds. The minimum Gasteiger partial charge on any atom is -0.355 e. The lowest BCUT2D eigenvalue weighted by Gasteiger charge is -2.10.